The molecule has 1 N–H and O–H groups in total. The normalized spacial score (nSPS) is 10.4. The van der Waals surface area contributed by atoms with Crippen LogP contribution in [-0.4, -0.2) is 31.9 Å². The molecule has 0 heterocycles. The van der Waals surface area contributed by atoms with Gasteiger partial charge in [-0.1, -0.05) is 24.3 Å². The van der Waals surface area contributed by atoms with Crippen LogP contribution in [0.25, 0.3) is 0 Å². The predicted octanol–water partition coefficient (Wildman–Crippen LogP) is 3.83. The van der Waals surface area contributed by atoms with Gasteiger partial charge in [0.25, 0.3) is 5.91 Å². The summed E-state index contributed by atoms with van der Waals surface area (Å²) in [6.45, 7) is 6.24. The predicted molar refractivity (Wildman–Crippen MR) is 106 cm³/mol. The molecule has 0 radical (unpaired) electrons. The van der Waals surface area contributed by atoms with Crippen molar-refractivity contribution in [2.75, 3.05) is 19.8 Å². The van der Waals surface area contributed by atoms with Crippen LogP contribution in [0, 0.1) is 0 Å². The Bertz CT molecular complexity index is 791. The Balaban J connectivity index is 1.88. The Morgan fingerprint density at radius 1 is 1.15 bits per heavy atom. The molecule has 6 nitrogen and oxygen atoms in total. The van der Waals surface area contributed by atoms with Gasteiger partial charge in [0.2, 0.25) is 0 Å². The molecule has 0 aromatic heterocycles. The van der Waals surface area contributed by atoms with Gasteiger partial charge in [-0.05, 0) is 55.0 Å². The van der Waals surface area contributed by atoms with Gasteiger partial charge in [-0.15, -0.1) is 0 Å². The molecule has 0 atom stereocenters. The molecule has 0 bridgehead atoms. The second-order valence-corrected chi connectivity index (χ2v) is 5.71. The van der Waals surface area contributed by atoms with Crippen molar-refractivity contribution in [2.24, 2.45) is 5.10 Å². The van der Waals surface area contributed by atoms with Crippen molar-refractivity contribution in [2.45, 2.75) is 6.92 Å². The van der Waals surface area contributed by atoms with Crippen molar-refractivity contribution < 1.29 is 19.0 Å². The first-order valence-electron chi connectivity index (χ1n) is 8.33. The Hall–Kier alpha value is -2.99. The molecule has 2 aromatic carbocycles. The number of benzene rings is 2. The lowest BCUT2D eigenvalue weighted by atomic mass is 10.2. The Labute approximate surface area is 163 Å². The fourth-order valence-corrected chi connectivity index (χ4v) is 2.16. The fourth-order valence-electron chi connectivity index (χ4n) is 2.03. The van der Waals surface area contributed by atoms with Gasteiger partial charge < -0.3 is 14.2 Å². The van der Waals surface area contributed by atoms with E-state index < -0.39 is 0 Å². The standard InChI is InChI=1S/C20H21ClN2O4/c1-3-11-26-18-10-5-15(12-19(18)25-4-2)13-22-23-20(24)14-27-17-8-6-16(21)7-9-17/h3,5-10,12-13H,1,4,11,14H2,2H3,(H,23,24)/b22-13-. The third kappa shape index (κ3) is 7.03. The smallest absolute Gasteiger partial charge is 0.277 e. The molecule has 1 amide bonds. The molecule has 7 heteroatoms. The highest BCUT2D eigenvalue weighted by Crippen LogP contribution is 2.28. The quantitative estimate of drug-likeness (QED) is 0.381. The molecule has 0 unspecified atom stereocenters. The maximum Gasteiger partial charge on any atom is 0.277 e. The zero-order valence-corrected chi connectivity index (χ0v) is 15.7. The van der Waals surface area contributed by atoms with E-state index in [1.54, 1.807) is 48.5 Å². The van der Waals surface area contributed by atoms with Crippen LogP contribution in [0.3, 0.4) is 0 Å². The van der Waals surface area contributed by atoms with Gasteiger partial charge >= 0.3 is 0 Å². The monoisotopic (exact) mass is 388 g/mol. The van der Waals surface area contributed by atoms with Crippen molar-refractivity contribution in [1.82, 2.24) is 5.43 Å². The summed E-state index contributed by atoms with van der Waals surface area (Å²) in [7, 11) is 0. The minimum absolute atomic E-state index is 0.155. The number of hydrogen-bond donors (Lipinski definition) is 1. The number of nitrogens with one attached hydrogen (secondary N) is 1. The Morgan fingerprint density at radius 3 is 2.63 bits per heavy atom. The van der Waals surface area contributed by atoms with Gasteiger partial charge in [-0.2, -0.15) is 5.10 Å². The summed E-state index contributed by atoms with van der Waals surface area (Å²) in [4.78, 5) is 11.8. The molecule has 2 rings (SSSR count). The minimum Gasteiger partial charge on any atom is -0.490 e. The molecule has 142 valence electrons. The van der Waals surface area contributed by atoms with Gasteiger partial charge in [0.1, 0.15) is 12.4 Å². The van der Waals surface area contributed by atoms with E-state index in [9.17, 15) is 4.79 Å². The second kappa shape index (κ2) is 10.9. The number of carbonyl (C=O) groups excluding carboxylic acids is 1. The van der Waals surface area contributed by atoms with Crippen LogP contribution >= 0.6 is 11.6 Å². The maximum atomic E-state index is 11.8. The van der Waals surface area contributed by atoms with E-state index in [2.05, 4.69) is 17.1 Å². The summed E-state index contributed by atoms with van der Waals surface area (Å²) < 4.78 is 16.4. The van der Waals surface area contributed by atoms with Crippen LogP contribution < -0.4 is 19.6 Å². The Kier molecular flexibility index (Phi) is 8.19. The van der Waals surface area contributed by atoms with Crippen LogP contribution in [0.5, 0.6) is 17.2 Å². The molecule has 0 aliphatic heterocycles. The summed E-state index contributed by atoms with van der Waals surface area (Å²) in [5.74, 6) is 1.39. The number of amides is 1. The summed E-state index contributed by atoms with van der Waals surface area (Å²) in [5, 5.41) is 4.52. The third-order valence-electron chi connectivity index (χ3n) is 3.21. The van der Waals surface area contributed by atoms with E-state index in [1.807, 2.05) is 6.92 Å². The van der Waals surface area contributed by atoms with Crippen molar-refractivity contribution in [3.8, 4) is 17.2 Å². The molecule has 0 aliphatic rings. The molecular formula is C20H21ClN2O4. The van der Waals surface area contributed by atoms with E-state index in [1.165, 1.54) is 6.21 Å². The largest absolute Gasteiger partial charge is 0.490 e. The number of halogens is 1. The molecule has 0 saturated carbocycles. The molecule has 0 spiro atoms. The number of nitrogens with zero attached hydrogens (tertiary/aromatic N) is 1. The van der Waals surface area contributed by atoms with Crippen LogP contribution in [0.1, 0.15) is 12.5 Å². The van der Waals surface area contributed by atoms with E-state index >= 15 is 0 Å². The fraction of sp³-hybridized carbons (Fsp3) is 0.200. The number of carbonyl (C=O) groups is 1. The highest BCUT2D eigenvalue weighted by molar-refractivity contribution is 6.30. The maximum absolute atomic E-state index is 11.8. The first-order valence-corrected chi connectivity index (χ1v) is 8.71. The van der Waals surface area contributed by atoms with Gasteiger partial charge in [0.15, 0.2) is 18.1 Å². The molecular weight excluding hydrogens is 368 g/mol. The van der Waals surface area contributed by atoms with Crippen LogP contribution in [-0.2, 0) is 4.79 Å². The second-order valence-electron chi connectivity index (χ2n) is 5.27. The summed E-state index contributed by atoms with van der Waals surface area (Å²) in [6.07, 6.45) is 3.17. The number of rotatable bonds is 10. The molecule has 0 fully saturated rings. The molecule has 2 aromatic rings. The van der Waals surface area contributed by atoms with E-state index in [-0.39, 0.29) is 12.5 Å². The molecule has 0 saturated heterocycles. The lowest BCUT2D eigenvalue weighted by Crippen LogP contribution is -2.24. The van der Waals surface area contributed by atoms with E-state index in [4.69, 9.17) is 25.8 Å². The zero-order chi connectivity index (χ0) is 19.5. The average Bonchev–Trinajstić information content (AvgIpc) is 2.67. The highest BCUT2D eigenvalue weighted by Gasteiger charge is 2.06. The zero-order valence-electron chi connectivity index (χ0n) is 15.0. The van der Waals surface area contributed by atoms with Crippen molar-refractivity contribution in [3.63, 3.8) is 0 Å². The lowest BCUT2D eigenvalue weighted by Gasteiger charge is -2.11. The van der Waals surface area contributed by atoms with Gasteiger partial charge in [-0.3, -0.25) is 4.79 Å². The highest BCUT2D eigenvalue weighted by atomic mass is 35.5. The van der Waals surface area contributed by atoms with Gasteiger partial charge in [0.05, 0.1) is 12.8 Å². The van der Waals surface area contributed by atoms with Crippen molar-refractivity contribution >= 4 is 23.7 Å². The lowest BCUT2D eigenvalue weighted by molar-refractivity contribution is -0.123. The van der Waals surface area contributed by atoms with Crippen molar-refractivity contribution in [3.05, 3.63) is 65.7 Å². The molecule has 27 heavy (non-hydrogen) atoms. The van der Waals surface area contributed by atoms with E-state index in [0.29, 0.717) is 35.5 Å². The Morgan fingerprint density at radius 2 is 1.93 bits per heavy atom. The van der Waals surface area contributed by atoms with Crippen LogP contribution in [0.2, 0.25) is 5.02 Å². The minimum atomic E-state index is -0.378. The van der Waals surface area contributed by atoms with Crippen LogP contribution in [0.15, 0.2) is 60.2 Å². The third-order valence-corrected chi connectivity index (χ3v) is 3.46. The molecule has 0 aliphatic carbocycles. The van der Waals surface area contributed by atoms with Gasteiger partial charge in [-0.25, -0.2) is 5.43 Å². The topological polar surface area (TPSA) is 69.2 Å². The van der Waals surface area contributed by atoms with Crippen LogP contribution in [0.4, 0.5) is 0 Å². The van der Waals surface area contributed by atoms with Crippen molar-refractivity contribution in [1.29, 1.82) is 0 Å². The SMILES string of the molecule is C=CCOc1ccc(/C=N\NC(=O)COc2ccc(Cl)cc2)cc1OCC. The number of hydrazone groups is 1. The summed E-state index contributed by atoms with van der Waals surface area (Å²) in [6, 6.07) is 12.1. The summed E-state index contributed by atoms with van der Waals surface area (Å²) >= 11 is 5.79. The van der Waals surface area contributed by atoms with Gasteiger partial charge in [0, 0.05) is 5.02 Å². The summed E-state index contributed by atoms with van der Waals surface area (Å²) in [5.41, 5.74) is 3.16. The van der Waals surface area contributed by atoms with E-state index in [0.717, 1.165) is 5.56 Å². The number of ether oxygens (including phenoxy) is 3. The average molecular weight is 389 g/mol. The first kappa shape index (κ1) is 20.3. The number of hydrogen-bond acceptors (Lipinski definition) is 5. The first-order chi connectivity index (χ1) is 13.1.